The van der Waals surface area contributed by atoms with Crippen LogP contribution in [0.3, 0.4) is 0 Å². The monoisotopic (exact) mass is 459 g/mol. The molecule has 1 N–H and O–H groups in total. The van der Waals surface area contributed by atoms with Crippen molar-refractivity contribution in [3.63, 3.8) is 0 Å². The van der Waals surface area contributed by atoms with Crippen LogP contribution in [0.15, 0.2) is 65.8 Å². The average Bonchev–Trinajstić information content (AvgIpc) is 2.77. The molecule has 3 rings (SSSR count). The number of rotatable bonds is 9. The fraction of sp³-hybridized carbons (Fsp3) is 0.136. The topological polar surface area (TPSA) is 86.0 Å². The first kappa shape index (κ1) is 22.4. The second-order valence-corrected chi connectivity index (χ2v) is 7.23. The third-order valence-electron chi connectivity index (χ3n) is 4.35. The third kappa shape index (κ3) is 6.10. The number of nitrogens with zero attached hydrogens (tertiary/aromatic N) is 2. The van der Waals surface area contributed by atoms with Crippen LogP contribution in [0.2, 0.25) is 10.0 Å². The van der Waals surface area contributed by atoms with Crippen molar-refractivity contribution < 1.29 is 14.4 Å². The summed E-state index contributed by atoms with van der Waals surface area (Å²) in [5, 5.41) is 16.1. The first-order valence-electron chi connectivity index (χ1n) is 9.21. The van der Waals surface area contributed by atoms with Crippen LogP contribution in [0.4, 0.5) is 5.69 Å². The van der Waals surface area contributed by atoms with Crippen molar-refractivity contribution in [3.05, 3.63) is 97.5 Å². The molecule has 160 valence electrons. The zero-order chi connectivity index (χ0) is 22.2. The molecule has 0 radical (unpaired) electrons. The number of hydrogen-bond donors (Lipinski definition) is 1. The number of hydrazone groups is 1. The smallest absolute Gasteiger partial charge is 0.269 e. The van der Waals surface area contributed by atoms with Gasteiger partial charge in [-0.2, -0.15) is 5.10 Å². The van der Waals surface area contributed by atoms with E-state index in [0.717, 1.165) is 16.7 Å². The van der Waals surface area contributed by atoms with E-state index in [0.29, 0.717) is 28.1 Å². The van der Waals surface area contributed by atoms with Gasteiger partial charge in [-0.3, -0.25) is 10.1 Å². The molecule has 0 bridgehead atoms. The lowest BCUT2D eigenvalue weighted by Gasteiger charge is -2.11. The van der Waals surface area contributed by atoms with E-state index in [1.807, 2.05) is 6.07 Å². The summed E-state index contributed by atoms with van der Waals surface area (Å²) in [7, 11) is 1.55. The molecule has 3 aromatic rings. The number of benzene rings is 3. The van der Waals surface area contributed by atoms with Crippen LogP contribution < -0.4 is 14.9 Å². The van der Waals surface area contributed by atoms with Crippen LogP contribution in [-0.2, 0) is 13.2 Å². The molecule has 0 heterocycles. The predicted molar refractivity (Wildman–Crippen MR) is 121 cm³/mol. The van der Waals surface area contributed by atoms with Crippen molar-refractivity contribution in [2.24, 2.45) is 5.10 Å². The highest BCUT2D eigenvalue weighted by Crippen LogP contribution is 2.28. The molecular weight excluding hydrogens is 441 g/mol. The van der Waals surface area contributed by atoms with E-state index in [2.05, 4.69) is 10.5 Å². The zero-order valence-corrected chi connectivity index (χ0v) is 18.1. The second kappa shape index (κ2) is 10.7. The van der Waals surface area contributed by atoms with Crippen molar-refractivity contribution >= 4 is 35.1 Å². The van der Waals surface area contributed by atoms with Crippen LogP contribution in [0.5, 0.6) is 11.5 Å². The van der Waals surface area contributed by atoms with E-state index >= 15 is 0 Å². The van der Waals surface area contributed by atoms with Gasteiger partial charge in [-0.1, -0.05) is 29.3 Å². The Morgan fingerprint density at radius 1 is 1.06 bits per heavy atom. The van der Waals surface area contributed by atoms with Crippen LogP contribution in [0.25, 0.3) is 0 Å². The van der Waals surface area contributed by atoms with Crippen LogP contribution >= 0.6 is 23.2 Å². The molecule has 0 aliphatic heterocycles. The molecule has 0 aromatic heterocycles. The highest BCUT2D eigenvalue weighted by molar-refractivity contribution is 6.35. The summed E-state index contributed by atoms with van der Waals surface area (Å²) < 4.78 is 11.2. The predicted octanol–water partition coefficient (Wildman–Crippen LogP) is 5.61. The fourth-order valence-corrected chi connectivity index (χ4v) is 3.24. The van der Waals surface area contributed by atoms with E-state index < -0.39 is 4.92 Å². The minimum Gasteiger partial charge on any atom is -0.493 e. The molecule has 0 unspecified atom stereocenters. The van der Waals surface area contributed by atoms with E-state index in [-0.39, 0.29) is 12.3 Å². The Morgan fingerprint density at radius 3 is 2.42 bits per heavy atom. The van der Waals surface area contributed by atoms with Gasteiger partial charge in [-0.25, -0.2) is 0 Å². The van der Waals surface area contributed by atoms with Gasteiger partial charge in [0.05, 0.1) is 24.8 Å². The van der Waals surface area contributed by atoms with E-state index in [4.69, 9.17) is 32.7 Å². The first-order chi connectivity index (χ1) is 15.0. The van der Waals surface area contributed by atoms with Crippen LogP contribution in [0, 0.1) is 10.1 Å². The summed E-state index contributed by atoms with van der Waals surface area (Å²) in [5.74, 6) is 1.09. The van der Waals surface area contributed by atoms with Gasteiger partial charge in [0.2, 0.25) is 0 Å². The van der Waals surface area contributed by atoms with Crippen molar-refractivity contribution in [2.75, 3.05) is 7.11 Å². The molecule has 3 aromatic carbocycles. The Hall–Kier alpha value is -3.29. The molecular formula is C22H19Cl2N3O4. The molecule has 0 saturated heterocycles. The van der Waals surface area contributed by atoms with E-state index in [1.54, 1.807) is 55.8 Å². The largest absolute Gasteiger partial charge is 0.493 e. The zero-order valence-electron chi connectivity index (χ0n) is 16.5. The fourth-order valence-electron chi connectivity index (χ4n) is 2.70. The summed E-state index contributed by atoms with van der Waals surface area (Å²) in [6.07, 6.45) is 1.65. The average molecular weight is 460 g/mol. The molecule has 0 aliphatic rings. The van der Waals surface area contributed by atoms with Crippen molar-refractivity contribution in [1.82, 2.24) is 5.43 Å². The standard InChI is InChI=1S/C22H19Cl2N3O4/c1-30-22-11-16(12-25-26-13-18-19(23)3-2-4-20(18)24)7-10-21(22)31-14-15-5-8-17(9-6-15)27(28)29/h2-12,26H,13-14H2,1H3/b25-12+. The van der Waals surface area contributed by atoms with Gasteiger partial charge >= 0.3 is 0 Å². The quantitative estimate of drug-likeness (QED) is 0.255. The second-order valence-electron chi connectivity index (χ2n) is 6.42. The molecule has 0 spiro atoms. The Labute approximate surface area is 189 Å². The number of halogens is 2. The molecule has 9 heteroatoms. The molecule has 7 nitrogen and oxygen atoms in total. The maximum atomic E-state index is 10.7. The van der Waals surface area contributed by atoms with Gasteiger partial charge in [0.25, 0.3) is 5.69 Å². The maximum Gasteiger partial charge on any atom is 0.269 e. The Balaban J connectivity index is 1.60. The Morgan fingerprint density at radius 2 is 1.77 bits per heavy atom. The third-order valence-corrected chi connectivity index (χ3v) is 5.06. The molecule has 0 atom stereocenters. The van der Waals surface area contributed by atoms with Crippen molar-refractivity contribution in [2.45, 2.75) is 13.2 Å². The van der Waals surface area contributed by atoms with Crippen LogP contribution in [-0.4, -0.2) is 18.2 Å². The van der Waals surface area contributed by atoms with Gasteiger partial charge in [-0.15, -0.1) is 0 Å². The molecule has 0 amide bonds. The summed E-state index contributed by atoms with van der Waals surface area (Å²) in [6, 6.07) is 16.9. The number of ether oxygens (including phenoxy) is 2. The summed E-state index contributed by atoms with van der Waals surface area (Å²) in [4.78, 5) is 10.3. The highest BCUT2D eigenvalue weighted by Gasteiger charge is 2.08. The lowest BCUT2D eigenvalue weighted by molar-refractivity contribution is -0.384. The number of nitro benzene ring substituents is 1. The van der Waals surface area contributed by atoms with Gasteiger partial charge in [0, 0.05) is 27.7 Å². The number of nitrogens with one attached hydrogen (secondary N) is 1. The van der Waals surface area contributed by atoms with Gasteiger partial charge in [-0.05, 0) is 53.6 Å². The normalized spacial score (nSPS) is 10.8. The summed E-state index contributed by atoms with van der Waals surface area (Å²) in [6.45, 7) is 0.643. The van der Waals surface area contributed by atoms with Crippen LogP contribution in [0.1, 0.15) is 16.7 Å². The molecule has 0 aliphatic carbocycles. The number of methoxy groups -OCH3 is 1. The van der Waals surface area contributed by atoms with E-state index in [1.165, 1.54) is 12.1 Å². The Bertz CT molecular complexity index is 1070. The maximum absolute atomic E-state index is 10.7. The number of nitro groups is 1. The highest BCUT2D eigenvalue weighted by atomic mass is 35.5. The SMILES string of the molecule is COc1cc(/C=N/NCc2c(Cl)cccc2Cl)ccc1OCc1ccc([N+](=O)[O-])cc1. The van der Waals surface area contributed by atoms with Gasteiger partial charge in [0.1, 0.15) is 6.61 Å². The minimum atomic E-state index is -0.439. The van der Waals surface area contributed by atoms with Crippen molar-refractivity contribution in [3.8, 4) is 11.5 Å². The lowest BCUT2D eigenvalue weighted by Crippen LogP contribution is -2.06. The van der Waals surface area contributed by atoms with Gasteiger partial charge < -0.3 is 14.9 Å². The van der Waals surface area contributed by atoms with E-state index in [9.17, 15) is 10.1 Å². The lowest BCUT2D eigenvalue weighted by atomic mass is 10.2. The number of non-ortho nitro benzene ring substituents is 1. The molecule has 31 heavy (non-hydrogen) atoms. The first-order valence-corrected chi connectivity index (χ1v) is 9.96. The molecule has 0 fully saturated rings. The summed E-state index contributed by atoms with van der Waals surface area (Å²) in [5.41, 5.74) is 5.34. The molecule has 0 saturated carbocycles. The summed E-state index contributed by atoms with van der Waals surface area (Å²) >= 11 is 12.3. The number of hydrogen-bond acceptors (Lipinski definition) is 6. The minimum absolute atomic E-state index is 0.0374. The Kier molecular flexibility index (Phi) is 7.70. The van der Waals surface area contributed by atoms with Gasteiger partial charge in [0.15, 0.2) is 11.5 Å². The van der Waals surface area contributed by atoms with Crippen molar-refractivity contribution in [1.29, 1.82) is 0 Å².